The number of hydrogen-bond acceptors (Lipinski definition) is 7. The third-order valence-electron chi connectivity index (χ3n) is 4.11. The van der Waals surface area contributed by atoms with Crippen molar-refractivity contribution in [3.63, 3.8) is 0 Å². The topological polar surface area (TPSA) is 96.1 Å². The van der Waals surface area contributed by atoms with Crippen LogP contribution in [-0.2, 0) is 6.54 Å². The van der Waals surface area contributed by atoms with Gasteiger partial charge in [0.15, 0.2) is 11.5 Å². The summed E-state index contributed by atoms with van der Waals surface area (Å²) in [4.78, 5) is 13.0. The van der Waals surface area contributed by atoms with Gasteiger partial charge in [-0.1, -0.05) is 12.1 Å². The molecule has 3 atom stereocenters. The van der Waals surface area contributed by atoms with Crippen molar-refractivity contribution < 1.29 is 10.2 Å². The van der Waals surface area contributed by atoms with Crippen molar-refractivity contribution in [1.82, 2.24) is 19.5 Å². The Morgan fingerprint density at radius 1 is 1.28 bits per heavy atom. The first-order chi connectivity index (χ1) is 12.1. The first kappa shape index (κ1) is 17.0. The van der Waals surface area contributed by atoms with E-state index in [0.29, 0.717) is 29.3 Å². The van der Waals surface area contributed by atoms with Crippen molar-refractivity contribution in [2.75, 3.05) is 11.1 Å². The minimum absolute atomic E-state index is 0.293. The lowest BCUT2D eigenvalue weighted by molar-refractivity contribution is 0.0313. The van der Waals surface area contributed by atoms with Crippen molar-refractivity contribution >= 4 is 51.3 Å². The van der Waals surface area contributed by atoms with Crippen LogP contribution in [0.2, 0.25) is 0 Å². The molecule has 9 heteroatoms. The number of benzene rings is 1. The zero-order valence-corrected chi connectivity index (χ0v) is 16.1. The van der Waals surface area contributed by atoms with Crippen LogP contribution in [0, 0.1) is 3.57 Å². The Hall–Kier alpha value is -1.43. The lowest BCUT2D eigenvalue weighted by atomic mass is 10.2. The van der Waals surface area contributed by atoms with Gasteiger partial charge in [0.1, 0.15) is 23.3 Å². The summed E-state index contributed by atoms with van der Waals surface area (Å²) in [5.74, 6) is 1.15. The average molecular weight is 469 g/mol. The lowest BCUT2D eigenvalue weighted by Gasteiger charge is -2.17. The maximum Gasteiger partial charge on any atom is 0.166 e. The summed E-state index contributed by atoms with van der Waals surface area (Å²) in [7, 11) is 0. The van der Waals surface area contributed by atoms with Crippen LogP contribution in [0.1, 0.15) is 10.9 Å². The molecular weight excluding hydrogens is 453 g/mol. The molecular formula is C16H16IN5O2S. The highest BCUT2D eigenvalue weighted by Gasteiger charge is 2.36. The van der Waals surface area contributed by atoms with E-state index in [2.05, 4.69) is 55.0 Å². The second kappa shape index (κ2) is 7.06. The third-order valence-corrected chi connectivity index (χ3v) is 6.16. The number of fused-ring (bicyclic) bond motifs is 1. The zero-order chi connectivity index (χ0) is 17.4. The molecule has 25 heavy (non-hydrogen) atoms. The number of nitrogens with one attached hydrogen (secondary N) is 1. The van der Waals surface area contributed by atoms with Crippen LogP contribution in [0.3, 0.4) is 0 Å². The number of anilines is 1. The summed E-state index contributed by atoms with van der Waals surface area (Å²) < 4.78 is 2.99. The number of aliphatic hydroxyl groups excluding tert-OH is 2. The van der Waals surface area contributed by atoms with Gasteiger partial charge in [-0.3, -0.25) is 4.57 Å². The Kier molecular flexibility index (Phi) is 4.80. The van der Waals surface area contributed by atoms with Gasteiger partial charge in [-0.2, -0.15) is 0 Å². The SMILES string of the molecule is OC1CS[C@@H](n2cnc3c(NCc4cccc(I)c4)ncnc32)C1O. The number of hydrogen-bond donors (Lipinski definition) is 3. The summed E-state index contributed by atoms with van der Waals surface area (Å²) in [5.41, 5.74) is 2.45. The molecule has 0 saturated carbocycles. The number of rotatable bonds is 4. The summed E-state index contributed by atoms with van der Waals surface area (Å²) in [5, 5.41) is 22.9. The fourth-order valence-corrected chi connectivity index (χ4v) is 4.72. The van der Waals surface area contributed by atoms with E-state index in [0.717, 1.165) is 5.56 Å². The van der Waals surface area contributed by atoms with Crippen molar-refractivity contribution in [3.05, 3.63) is 46.1 Å². The van der Waals surface area contributed by atoms with Gasteiger partial charge >= 0.3 is 0 Å². The number of thioether (sulfide) groups is 1. The molecule has 3 aromatic rings. The summed E-state index contributed by atoms with van der Waals surface area (Å²) in [6, 6.07) is 8.23. The van der Waals surface area contributed by atoms with E-state index in [4.69, 9.17) is 0 Å². The minimum atomic E-state index is -0.833. The summed E-state index contributed by atoms with van der Waals surface area (Å²) in [6.45, 7) is 0.634. The van der Waals surface area contributed by atoms with Gasteiger partial charge in [-0.15, -0.1) is 11.8 Å². The molecule has 1 aromatic carbocycles. The van der Waals surface area contributed by atoms with Gasteiger partial charge in [-0.25, -0.2) is 15.0 Å². The maximum atomic E-state index is 10.2. The predicted octanol–water partition coefficient (Wildman–Crippen LogP) is 2.01. The van der Waals surface area contributed by atoms with Gasteiger partial charge in [0.05, 0.1) is 12.4 Å². The van der Waals surface area contributed by atoms with Gasteiger partial charge < -0.3 is 15.5 Å². The molecule has 7 nitrogen and oxygen atoms in total. The van der Waals surface area contributed by atoms with E-state index in [1.54, 1.807) is 10.9 Å². The average Bonchev–Trinajstić information content (AvgIpc) is 3.17. The molecule has 0 aliphatic carbocycles. The summed E-state index contributed by atoms with van der Waals surface area (Å²) >= 11 is 3.78. The number of nitrogens with zero attached hydrogens (tertiary/aromatic N) is 4. The molecule has 2 unspecified atom stereocenters. The molecule has 1 fully saturated rings. The van der Waals surface area contributed by atoms with E-state index in [1.165, 1.54) is 21.7 Å². The van der Waals surface area contributed by atoms with Crippen LogP contribution in [0.15, 0.2) is 36.9 Å². The molecule has 2 aromatic heterocycles. The predicted molar refractivity (Wildman–Crippen MR) is 105 cm³/mol. The molecule has 1 aliphatic rings. The van der Waals surface area contributed by atoms with E-state index >= 15 is 0 Å². The lowest BCUT2D eigenvalue weighted by Crippen LogP contribution is -2.27. The summed E-state index contributed by atoms with van der Waals surface area (Å²) in [6.07, 6.45) is 1.57. The number of aromatic nitrogens is 4. The smallest absolute Gasteiger partial charge is 0.166 e. The van der Waals surface area contributed by atoms with Gasteiger partial charge in [0, 0.05) is 15.9 Å². The molecule has 3 N–H and O–H groups in total. The first-order valence-electron chi connectivity index (χ1n) is 7.77. The Morgan fingerprint density at radius 2 is 2.16 bits per heavy atom. The molecule has 0 amide bonds. The zero-order valence-electron chi connectivity index (χ0n) is 13.1. The van der Waals surface area contributed by atoms with E-state index < -0.39 is 12.2 Å². The molecule has 1 saturated heterocycles. The molecule has 130 valence electrons. The van der Waals surface area contributed by atoms with Crippen molar-refractivity contribution in [2.45, 2.75) is 24.1 Å². The van der Waals surface area contributed by atoms with E-state index in [1.807, 2.05) is 12.1 Å². The van der Waals surface area contributed by atoms with Gasteiger partial charge in [-0.05, 0) is 40.3 Å². The fourth-order valence-electron chi connectivity index (χ4n) is 2.83. The largest absolute Gasteiger partial charge is 0.389 e. The second-order valence-electron chi connectivity index (χ2n) is 5.81. The van der Waals surface area contributed by atoms with Gasteiger partial charge in [0.2, 0.25) is 0 Å². The Bertz CT molecular complexity index is 905. The highest BCUT2D eigenvalue weighted by molar-refractivity contribution is 14.1. The Morgan fingerprint density at radius 3 is 2.92 bits per heavy atom. The van der Waals surface area contributed by atoms with Crippen LogP contribution >= 0.6 is 34.4 Å². The van der Waals surface area contributed by atoms with Gasteiger partial charge in [0.25, 0.3) is 0 Å². The van der Waals surface area contributed by atoms with Crippen LogP contribution in [0.4, 0.5) is 5.82 Å². The molecule has 1 aliphatic heterocycles. The van der Waals surface area contributed by atoms with Crippen molar-refractivity contribution in [3.8, 4) is 0 Å². The quantitative estimate of drug-likeness (QED) is 0.504. The highest BCUT2D eigenvalue weighted by Crippen LogP contribution is 2.38. The Balaban J connectivity index is 1.61. The number of aliphatic hydroxyl groups is 2. The van der Waals surface area contributed by atoms with Crippen molar-refractivity contribution in [2.24, 2.45) is 0 Å². The Labute approximate surface area is 162 Å². The fraction of sp³-hybridized carbons (Fsp3) is 0.312. The maximum absolute atomic E-state index is 10.2. The number of imidazole rings is 1. The highest BCUT2D eigenvalue weighted by atomic mass is 127. The molecule has 0 spiro atoms. The van der Waals surface area contributed by atoms with Crippen LogP contribution in [0.25, 0.3) is 11.2 Å². The van der Waals surface area contributed by atoms with Crippen LogP contribution in [0.5, 0.6) is 0 Å². The van der Waals surface area contributed by atoms with E-state index in [-0.39, 0.29) is 5.37 Å². The van der Waals surface area contributed by atoms with E-state index in [9.17, 15) is 10.2 Å². The minimum Gasteiger partial charge on any atom is -0.389 e. The third kappa shape index (κ3) is 3.33. The second-order valence-corrected chi connectivity index (χ2v) is 8.21. The standard InChI is InChI=1S/C16H16IN5O2S/c17-10-3-1-2-9(4-10)5-18-14-12-15(20-7-19-14)22(8-21-12)16-13(24)11(23)6-25-16/h1-4,7-8,11,13,16,23-24H,5-6H2,(H,18,19,20)/t11?,13?,16-/m1/s1. The monoisotopic (exact) mass is 469 g/mol. The number of halogens is 1. The molecule has 0 bridgehead atoms. The van der Waals surface area contributed by atoms with Crippen LogP contribution in [-0.4, -0.2) is 47.7 Å². The van der Waals surface area contributed by atoms with Crippen molar-refractivity contribution in [1.29, 1.82) is 0 Å². The normalized spacial score (nSPS) is 23.2. The molecule has 0 radical (unpaired) electrons. The van der Waals surface area contributed by atoms with Crippen LogP contribution < -0.4 is 5.32 Å². The molecule has 4 rings (SSSR count). The molecule has 3 heterocycles. The first-order valence-corrected chi connectivity index (χ1v) is 9.90.